The highest BCUT2D eigenvalue weighted by atomic mass is 19.1. The second-order valence-electron chi connectivity index (χ2n) is 3.36. The van der Waals surface area contributed by atoms with Crippen LogP contribution in [-0.2, 0) is 0 Å². The van der Waals surface area contributed by atoms with E-state index in [1.807, 2.05) is 0 Å². The van der Waals surface area contributed by atoms with Crippen molar-refractivity contribution < 1.29 is 14.4 Å². The lowest BCUT2D eigenvalue weighted by atomic mass is 10.1. The molecule has 0 saturated heterocycles. The van der Waals surface area contributed by atoms with Gasteiger partial charge in [0.25, 0.3) is 0 Å². The van der Waals surface area contributed by atoms with Crippen LogP contribution in [0.2, 0.25) is 0 Å². The quantitative estimate of drug-likeness (QED) is 0.293. The van der Waals surface area contributed by atoms with E-state index in [4.69, 9.17) is 5.21 Å². The highest BCUT2D eigenvalue weighted by Gasteiger charge is 2.18. The van der Waals surface area contributed by atoms with Gasteiger partial charge in [0.2, 0.25) is 11.7 Å². The minimum absolute atomic E-state index is 0.113. The van der Waals surface area contributed by atoms with Crippen molar-refractivity contribution in [3.8, 4) is 0 Å². The van der Waals surface area contributed by atoms with Crippen LogP contribution in [0, 0.1) is 5.95 Å². The topological polar surface area (TPSA) is 75.4 Å². The standard InChI is InChI=1S/C12H8FN3O2/c13-10-7-8(4-6-15-10)11(16-18)12(17)9-3-1-2-5-14-9/h1-7,18H. The largest absolute Gasteiger partial charge is 0.410 e. The van der Waals surface area contributed by atoms with Gasteiger partial charge in [0.05, 0.1) is 0 Å². The van der Waals surface area contributed by atoms with Gasteiger partial charge in [-0.05, 0) is 18.2 Å². The van der Waals surface area contributed by atoms with E-state index in [9.17, 15) is 9.18 Å². The maximum Gasteiger partial charge on any atom is 0.233 e. The monoisotopic (exact) mass is 245 g/mol. The minimum Gasteiger partial charge on any atom is -0.410 e. The maximum absolute atomic E-state index is 13.0. The van der Waals surface area contributed by atoms with Crippen LogP contribution in [0.5, 0.6) is 0 Å². The molecule has 0 spiro atoms. The molecule has 18 heavy (non-hydrogen) atoms. The summed E-state index contributed by atoms with van der Waals surface area (Å²) >= 11 is 0. The van der Waals surface area contributed by atoms with Crippen LogP contribution in [0.1, 0.15) is 16.1 Å². The average molecular weight is 245 g/mol. The number of rotatable bonds is 3. The van der Waals surface area contributed by atoms with Gasteiger partial charge in [0, 0.05) is 24.0 Å². The molecule has 2 heterocycles. The number of hydrogen-bond acceptors (Lipinski definition) is 5. The zero-order valence-electron chi connectivity index (χ0n) is 9.12. The number of halogens is 1. The second kappa shape index (κ2) is 5.13. The van der Waals surface area contributed by atoms with Gasteiger partial charge in [-0.2, -0.15) is 4.39 Å². The van der Waals surface area contributed by atoms with Gasteiger partial charge in [0.1, 0.15) is 5.69 Å². The smallest absolute Gasteiger partial charge is 0.233 e. The molecule has 0 saturated carbocycles. The maximum atomic E-state index is 13.0. The molecule has 0 aliphatic heterocycles. The predicted octanol–water partition coefficient (Wildman–Crippen LogP) is 1.68. The highest BCUT2D eigenvalue weighted by molar-refractivity contribution is 6.50. The summed E-state index contributed by atoms with van der Waals surface area (Å²) in [5, 5.41) is 11.8. The molecular formula is C12H8FN3O2. The Labute approximate surface area is 102 Å². The van der Waals surface area contributed by atoms with Crippen molar-refractivity contribution in [3.05, 3.63) is 59.9 Å². The lowest BCUT2D eigenvalue weighted by Crippen LogP contribution is -2.17. The normalized spacial score (nSPS) is 11.3. The van der Waals surface area contributed by atoms with Gasteiger partial charge in [-0.25, -0.2) is 4.98 Å². The summed E-state index contributed by atoms with van der Waals surface area (Å²) in [7, 11) is 0. The first-order valence-corrected chi connectivity index (χ1v) is 5.02. The van der Waals surface area contributed by atoms with Crippen LogP contribution in [0.15, 0.2) is 47.9 Å². The summed E-state index contributed by atoms with van der Waals surface area (Å²) in [6, 6.07) is 7.14. The van der Waals surface area contributed by atoms with Crippen molar-refractivity contribution in [1.29, 1.82) is 0 Å². The number of oxime groups is 1. The Morgan fingerprint density at radius 3 is 2.67 bits per heavy atom. The number of aromatic nitrogens is 2. The van der Waals surface area contributed by atoms with E-state index in [0.29, 0.717) is 0 Å². The van der Waals surface area contributed by atoms with Gasteiger partial charge >= 0.3 is 0 Å². The first-order valence-electron chi connectivity index (χ1n) is 5.02. The van der Waals surface area contributed by atoms with Crippen molar-refractivity contribution in [2.45, 2.75) is 0 Å². The Hall–Kier alpha value is -2.63. The molecule has 0 amide bonds. The molecule has 90 valence electrons. The summed E-state index contributed by atoms with van der Waals surface area (Å²) in [5.74, 6) is -1.36. The summed E-state index contributed by atoms with van der Waals surface area (Å²) in [4.78, 5) is 19.2. The van der Waals surface area contributed by atoms with E-state index >= 15 is 0 Å². The van der Waals surface area contributed by atoms with E-state index < -0.39 is 11.7 Å². The number of nitrogens with zero attached hydrogens (tertiary/aromatic N) is 3. The lowest BCUT2D eigenvalue weighted by Gasteiger charge is -2.02. The molecule has 6 heteroatoms. The number of hydrogen-bond donors (Lipinski definition) is 1. The van der Waals surface area contributed by atoms with E-state index in [1.165, 1.54) is 24.5 Å². The molecule has 0 aromatic carbocycles. The van der Waals surface area contributed by atoms with Gasteiger partial charge in [-0.15, -0.1) is 0 Å². The number of Topliss-reactive ketones (excluding diaryl/α,β-unsaturated/α-hetero) is 1. The van der Waals surface area contributed by atoms with Crippen LogP contribution >= 0.6 is 0 Å². The average Bonchev–Trinajstić information content (AvgIpc) is 2.40. The first-order chi connectivity index (χ1) is 8.72. The molecular weight excluding hydrogens is 237 g/mol. The molecule has 2 rings (SSSR count). The van der Waals surface area contributed by atoms with Crippen LogP contribution in [0.3, 0.4) is 0 Å². The third-order valence-corrected chi connectivity index (χ3v) is 2.21. The van der Waals surface area contributed by atoms with Gasteiger partial charge < -0.3 is 5.21 Å². The summed E-state index contributed by atoms with van der Waals surface area (Å²) in [5.41, 5.74) is -0.0295. The number of ketones is 1. The van der Waals surface area contributed by atoms with E-state index in [2.05, 4.69) is 15.1 Å². The lowest BCUT2D eigenvalue weighted by molar-refractivity contribution is 0.105. The van der Waals surface area contributed by atoms with Crippen LogP contribution in [0.25, 0.3) is 0 Å². The van der Waals surface area contributed by atoms with Gasteiger partial charge in [0.15, 0.2) is 5.71 Å². The zero-order chi connectivity index (χ0) is 13.0. The molecule has 0 aliphatic rings. The van der Waals surface area contributed by atoms with Gasteiger partial charge in [-0.3, -0.25) is 9.78 Å². The molecule has 0 bridgehead atoms. The fourth-order valence-electron chi connectivity index (χ4n) is 1.40. The summed E-state index contributed by atoms with van der Waals surface area (Å²) in [6.07, 6.45) is 2.62. The van der Waals surface area contributed by atoms with Crippen molar-refractivity contribution >= 4 is 11.5 Å². The summed E-state index contributed by atoms with van der Waals surface area (Å²) < 4.78 is 13.0. The Bertz CT molecular complexity index is 599. The second-order valence-corrected chi connectivity index (χ2v) is 3.36. The summed E-state index contributed by atoms with van der Waals surface area (Å²) in [6.45, 7) is 0. The Morgan fingerprint density at radius 1 is 1.22 bits per heavy atom. The molecule has 0 aliphatic carbocycles. The molecule has 0 radical (unpaired) electrons. The molecule has 0 atom stereocenters. The van der Waals surface area contributed by atoms with E-state index in [0.717, 1.165) is 6.07 Å². The van der Waals surface area contributed by atoms with E-state index in [1.54, 1.807) is 12.1 Å². The first kappa shape index (κ1) is 11.8. The van der Waals surface area contributed by atoms with Crippen LogP contribution in [0.4, 0.5) is 4.39 Å². The minimum atomic E-state index is -0.762. The van der Waals surface area contributed by atoms with Crippen molar-refractivity contribution in [1.82, 2.24) is 9.97 Å². The van der Waals surface area contributed by atoms with Crippen molar-refractivity contribution in [3.63, 3.8) is 0 Å². The van der Waals surface area contributed by atoms with Crippen LogP contribution in [-0.4, -0.2) is 26.7 Å². The van der Waals surface area contributed by atoms with Crippen molar-refractivity contribution in [2.24, 2.45) is 5.16 Å². The molecule has 0 unspecified atom stereocenters. The molecule has 1 N–H and O–H groups in total. The third-order valence-electron chi connectivity index (χ3n) is 2.21. The fourth-order valence-corrected chi connectivity index (χ4v) is 1.40. The number of carbonyl (C=O) groups is 1. The predicted molar refractivity (Wildman–Crippen MR) is 61.1 cm³/mol. The van der Waals surface area contributed by atoms with E-state index in [-0.39, 0.29) is 17.0 Å². The Balaban J connectivity index is 2.39. The molecule has 2 aromatic rings. The van der Waals surface area contributed by atoms with Crippen molar-refractivity contribution in [2.75, 3.05) is 0 Å². The molecule has 0 fully saturated rings. The Kier molecular flexibility index (Phi) is 3.38. The molecule has 5 nitrogen and oxygen atoms in total. The number of pyridine rings is 2. The van der Waals surface area contributed by atoms with Gasteiger partial charge in [-0.1, -0.05) is 11.2 Å². The zero-order valence-corrected chi connectivity index (χ0v) is 9.12. The Morgan fingerprint density at radius 2 is 2.06 bits per heavy atom. The molecule has 2 aromatic heterocycles. The highest BCUT2D eigenvalue weighted by Crippen LogP contribution is 2.07. The third kappa shape index (κ3) is 2.37. The fraction of sp³-hybridized carbons (Fsp3) is 0. The number of carbonyl (C=O) groups excluding carboxylic acids is 1. The SMILES string of the molecule is O=C(C(=NO)c1ccnc(F)c1)c1ccccn1. The van der Waals surface area contributed by atoms with Crippen LogP contribution < -0.4 is 0 Å².